The zero-order valence-corrected chi connectivity index (χ0v) is 29.1. The molecule has 2 aliphatic heterocycles. The van der Waals surface area contributed by atoms with Gasteiger partial charge in [-0.1, -0.05) is 35.9 Å². The van der Waals surface area contributed by atoms with Gasteiger partial charge in [-0.2, -0.15) is 0 Å². The van der Waals surface area contributed by atoms with Gasteiger partial charge in [0.1, 0.15) is 5.75 Å². The van der Waals surface area contributed by atoms with Crippen LogP contribution < -0.4 is 15.0 Å². The smallest absolute Gasteiger partial charge is 0.264 e. The highest BCUT2D eigenvalue weighted by Crippen LogP contribution is 2.60. The van der Waals surface area contributed by atoms with Crippen molar-refractivity contribution < 1.29 is 29.0 Å². The summed E-state index contributed by atoms with van der Waals surface area (Å²) in [4.78, 5) is 40.7. The normalized spacial score (nSPS) is 21.9. The number of anilines is 2. The first kappa shape index (κ1) is 33.8. The number of methoxy groups -OCH3 is 1. The van der Waals surface area contributed by atoms with Gasteiger partial charge in [-0.05, 0) is 79.7 Å². The van der Waals surface area contributed by atoms with E-state index in [-0.39, 0.29) is 36.4 Å². The maximum Gasteiger partial charge on any atom is 0.264 e. The van der Waals surface area contributed by atoms with E-state index in [0.29, 0.717) is 52.7 Å². The van der Waals surface area contributed by atoms with Crippen LogP contribution in [0, 0.1) is 5.92 Å². The number of aliphatic hydroxyl groups excluding tert-OH is 1. The molecule has 0 saturated carbocycles. The fourth-order valence-corrected chi connectivity index (χ4v) is 10.0. The zero-order chi connectivity index (χ0) is 34.2. The number of carbonyl (C=O) groups excluding carboxylic acids is 2. The van der Waals surface area contributed by atoms with E-state index in [9.17, 15) is 19.5 Å². The van der Waals surface area contributed by atoms with E-state index >= 15 is 0 Å². The second-order valence-corrected chi connectivity index (χ2v) is 17.4. The predicted molar refractivity (Wildman–Crippen MR) is 185 cm³/mol. The topological polar surface area (TPSA) is 139 Å². The molecule has 1 fully saturated rings. The fourth-order valence-electron chi connectivity index (χ4n) is 7.23. The second kappa shape index (κ2) is 13.4. The molecule has 2 amide bonds. The first-order valence-electron chi connectivity index (χ1n) is 16.0. The summed E-state index contributed by atoms with van der Waals surface area (Å²) in [6, 6.07) is 19.7. The Morgan fingerprint density at radius 2 is 1.85 bits per heavy atom. The SMILES string of the molecule is COc1ccc(C(=O)Nc2ccc(CN3C(=O)[C@@]4(O[C@@H](CCn5cc(CCO)nn5)[C@H]([Si](C)(C)O)[C@H]4C)c4cc(Cl)ccc43)cc2)cc1. The van der Waals surface area contributed by atoms with Crippen molar-refractivity contribution in [2.24, 2.45) is 5.92 Å². The Balaban J connectivity index is 1.24. The molecule has 4 atom stereocenters. The second-order valence-electron chi connectivity index (χ2n) is 13.0. The molecule has 11 nitrogen and oxygen atoms in total. The Morgan fingerprint density at radius 3 is 2.52 bits per heavy atom. The van der Waals surface area contributed by atoms with Crippen molar-refractivity contribution in [3.05, 3.63) is 100 Å². The quantitative estimate of drug-likeness (QED) is 0.184. The number of nitrogens with one attached hydrogen (secondary N) is 1. The van der Waals surface area contributed by atoms with Crippen molar-refractivity contribution in [2.45, 2.75) is 63.2 Å². The van der Waals surface area contributed by atoms with Crippen LogP contribution in [0.4, 0.5) is 11.4 Å². The third-order valence-corrected chi connectivity index (χ3v) is 12.2. The fraction of sp³-hybridized carbons (Fsp3) is 0.371. The molecule has 3 N–H and O–H groups in total. The van der Waals surface area contributed by atoms with E-state index in [2.05, 4.69) is 15.6 Å². The highest BCUT2D eigenvalue weighted by molar-refractivity contribution is 6.71. The van der Waals surface area contributed by atoms with Gasteiger partial charge in [0.2, 0.25) is 0 Å². The van der Waals surface area contributed by atoms with Gasteiger partial charge in [0.05, 0.1) is 31.1 Å². The molecule has 0 unspecified atom stereocenters. The van der Waals surface area contributed by atoms with E-state index in [4.69, 9.17) is 21.1 Å². The number of hydrogen-bond donors (Lipinski definition) is 3. The average molecular weight is 690 g/mol. The molecule has 1 saturated heterocycles. The number of nitrogens with zero attached hydrogens (tertiary/aromatic N) is 4. The Bertz CT molecular complexity index is 1790. The molecule has 1 aromatic heterocycles. The number of aliphatic hydroxyl groups is 1. The summed E-state index contributed by atoms with van der Waals surface area (Å²) >= 11 is 6.54. The maximum atomic E-state index is 14.7. The van der Waals surface area contributed by atoms with Crippen molar-refractivity contribution in [1.29, 1.82) is 0 Å². The molecule has 0 radical (unpaired) electrons. The van der Waals surface area contributed by atoms with Crippen LogP contribution in [0.25, 0.3) is 0 Å². The molecule has 3 heterocycles. The van der Waals surface area contributed by atoms with Gasteiger partial charge in [-0.15, -0.1) is 5.10 Å². The van der Waals surface area contributed by atoms with Crippen LogP contribution in [0.5, 0.6) is 5.75 Å². The first-order chi connectivity index (χ1) is 22.9. The van der Waals surface area contributed by atoms with Crippen molar-refractivity contribution in [3.8, 4) is 5.75 Å². The van der Waals surface area contributed by atoms with Gasteiger partial charge >= 0.3 is 0 Å². The maximum absolute atomic E-state index is 14.7. The van der Waals surface area contributed by atoms with Gasteiger partial charge in [0.15, 0.2) is 13.9 Å². The molecule has 48 heavy (non-hydrogen) atoms. The number of aryl methyl sites for hydroxylation is 1. The van der Waals surface area contributed by atoms with E-state index in [1.54, 1.807) is 53.2 Å². The number of fused-ring (bicyclic) bond motifs is 2. The monoisotopic (exact) mass is 689 g/mol. The Morgan fingerprint density at radius 1 is 1.12 bits per heavy atom. The summed E-state index contributed by atoms with van der Waals surface area (Å²) in [5.41, 5.74) is 2.54. The summed E-state index contributed by atoms with van der Waals surface area (Å²) in [5.74, 6) is -0.0982. The predicted octanol–water partition coefficient (Wildman–Crippen LogP) is 5.16. The summed E-state index contributed by atoms with van der Waals surface area (Å²) in [7, 11) is -1.27. The Kier molecular flexibility index (Phi) is 9.47. The number of carbonyl (C=O) groups is 2. The molecule has 1 spiro atoms. The van der Waals surface area contributed by atoms with E-state index < -0.39 is 20.0 Å². The number of rotatable bonds is 11. The minimum atomic E-state index is -2.85. The minimum Gasteiger partial charge on any atom is -0.497 e. The van der Waals surface area contributed by atoms with Gasteiger partial charge in [-0.25, -0.2) is 0 Å². The van der Waals surface area contributed by atoms with Gasteiger partial charge in [0, 0.05) is 59.1 Å². The van der Waals surface area contributed by atoms with Crippen LogP contribution >= 0.6 is 11.6 Å². The lowest BCUT2D eigenvalue weighted by Crippen LogP contribution is -2.46. The van der Waals surface area contributed by atoms with E-state index in [1.807, 2.05) is 56.4 Å². The number of amides is 2. The summed E-state index contributed by atoms with van der Waals surface area (Å²) in [6.07, 6.45) is 2.32. The van der Waals surface area contributed by atoms with Gasteiger partial charge in [-0.3, -0.25) is 14.3 Å². The van der Waals surface area contributed by atoms with Crippen LogP contribution in [0.2, 0.25) is 23.7 Å². The largest absolute Gasteiger partial charge is 0.497 e. The standard InChI is InChI=1S/C35H40ClN5O6Si/c1-22-32(48(3,4)45)31(15-17-40-21-27(16-18-42)38-39-40)47-35(22)29-19-25(36)9-14-30(29)41(34(35)44)20-23-5-10-26(11-6-23)37-33(43)24-7-12-28(46-2)13-8-24/h5-14,19,21-22,31-32,42,45H,15-18,20H2,1-4H3,(H,37,43)/t22-,31+,32-,35+/m1/s1. The number of hydrogen-bond acceptors (Lipinski definition) is 8. The van der Waals surface area contributed by atoms with Crippen LogP contribution in [0.3, 0.4) is 0 Å². The number of benzene rings is 3. The molecule has 4 aromatic rings. The van der Waals surface area contributed by atoms with Crippen LogP contribution in [0.15, 0.2) is 72.9 Å². The van der Waals surface area contributed by atoms with Gasteiger partial charge in [0.25, 0.3) is 11.8 Å². The summed E-state index contributed by atoms with van der Waals surface area (Å²) < 4.78 is 13.8. The highest BCUT2D eigenvalue weighted by Gasteiger charge is 2.66. The summed E-state index contributed by atoms with van der Waals surface area (Å²) in [5, 5.41) is 21.0. The molecule has 252 valence electrons. The average Bonchev–Trinajstić information content (AvgIpc) is 3.70. The third-order valence-electron chi connectivity index (χ3n) is 9.45. The summed E-state index contributed by atoms with van der Waals surface area (Å²) in [6.45, 7) is 6.53. The van der Waals surface area contributed by atoms with Crippen molar-refractivity contribution >= 4 is 43.1 Å². The molecular formula is C35H40ClN5O6Si. The van der Waals surface area contributed by atoms with Crippen molar-refractivity contribution in [2.75, 3.05) is 23.9 Å². The molecule has 2 aliphatic rings. The third kappa shape index (κ3) is 6.38. The molecule has 0 bridgehead atoms. The Labute approximate surface area is 285 Å². The number of aromatic nitrogens is 3. The van der Waals surface area contributed by atoms with Crippen molar-refractivity contribution in [1.82, 2.24) is 15.0 Å². The molecule has 3 aromatic carbocycles. The lowest BCUT2D eigenvalue weighted by Gasteiger charge is -2.32. The molecule has 0 aliphatic carbocycles. The van der Waals surface area contributed by atoms with Crippen LogP contribution in [-0.4, -0.2) is 64.8 Å². The number of ether oxygens (including phenoxy) is 2. The van der Waals surface area contributed by atoms with Crippen LogP contribution in [0.1, 0.15) is 40.5 Å². The number of halogens is 1. The lowest BCUT2D eigenvalue weighted by molar-refractivity contribution is -0.146. The first-order valence-corrected chi connectivity index (χ1v) is 19.4. The highest BCUT2D eigenvalue weighted by atomic mass is 35.5. The molecular weight excluding hydrogens is 650 g/mol. The zero-order valence-electron chi connectivity index (χ0n) is 27.4. The van der Waals surface area contributed by atoms with Gasteiger partial charge < -0.3 is 29.6 Å². The van der Waals surface area contributed by atoms with E-state index in [0.717, 1.165) is 11.3 Å². The van der Waals surface area contributed by atoms with E-state index in [1.165, 1.54) is 0 Å². The Hall–Kier alpha value is -4.07. The molecule has 6 rings (SSSR count). The molecule has 13 heteroatoms. The lowest BCUT2D eigenvalue weighted by atomic mass is 9.82. The van der Waals surface area contributed by atoms with Crippen molar-refractivity contribution in [3.63, 3.8) is 0 Å². The van der Waals surface area contributed by atoms with Crippen LogP contribution in [-0.2, 0) is 34.6 Å². The minimum absolute atomic E-state index is 0.0112.